The lowest BCUT2D eigenvalue weighted by atomic mass is 10.3. The first kappa shape index (κ1) is 28.3. The number of aromatic nitrogens is 3. The highest BCUT2D eigenvalue weighted by atomic mass is 79.9. The molecular weight excluding hydrogens is 574 g/mol. The summed E-state index contributed by atoms with van der Waals surface area (Å²) in [6.45, 7) is 6.20. The number of piperazine rings is 1. The van der Waals surface area contributed by atoms with Crippen molar-refractivity contribution < 1.29 is 9.84 Å². The summed E-state index contributed by atoms with van der Waals surface area (Å²) in [5.74, 6) is 0.700. The number of allylic oxidation sites excluding steroid dienone is 1. The molecule has 2 aliphatic rings. The predicted octanol–water partition coefficient (Wildman–Crippen LogP) is 0.774. The van der Waals surface area contributed by atoms with Crippen molar-refractivity contribution in [3.8, 4) is 0 Å². The molecule has 2 atom stereocenters. The average molecular weight is 607 g/mol. The Hall–Kier alpha value is -2.68. The standard InChI is InChI=1S/C25H32BrN7O4S/c26-19-3-5-21(28-17-19)29-24(38)27-8-12-31-15-13-30(14-16-31)9-1-2-10-32-22(35)7-11-33(25(32)36)23-6-4-20(18-34)37-23/h1-7,11,17,20,23,34H,8-10,12-16,18H2,(H2,27,28,29,38)/b2-1+. The maximum atomic E-state index is 12.8. The van der Waals surface area contributed by atoms with Gasteiger partial charge in [-0.15, -0.1) is 0 Å². The third-order valence-corrected chi connectivity index (χ3v) is 7.04. The molecule has 2 unspecified atom stereocenters. The largest absolute Gasteiger partial charge is 0.393 e. The molecule has 0 aromatic carbocycles. The third-order valence-electron chi connectivity index (χ3n) is 6.32. The molecule has 13 heteroatoms. The fourth-order valence-electron chi connectivity index (χ4n) is 4.18. The molecule has 4 rings (SSSR count). The van der Waals surface area contributed by atoms with Gasteiger partial charge in [0.05, 0.1) is 6.61 Å². The number of anilines is 1. The van der Waals surface area contributed by atoms with Gasteiger partial charge in [0.25, 0.3) is 5.56 Å². The summed E-state index contributed by atoms with van der Waals surface area (Å²) in [6, 6.07) is 5.12. The molecule has 2 aromatic rings. The van der Waals surface area contributed by atoms with Gasteiger partial charge >= 0.3 is 5.69 Å². The van der Waals surface area contributed by atoms with Gasteiger partial charge in [0.2, 0.25) is 0 Å². The molecule has 3 N–H and O–H groups in total. The van der Waals surface area contributed by atoms with E-state index in [9.17, 15) is 14.7 Å². The van der Waals surface area contributed by atoms with E-state index in [0.29, 0.717) is 10.9 Å². The van der Waals surface area contributed by atoms with Crippen LogP contribution in [0, 0.1) is 0 Å². The van der Waals surface area contributed by atoms with Gasteiger partial charge in [-0.1, -0.05) is 18.2 Å². The number of thiocarbonyl (C=S) groups is 1. The van der Waals surface area contributed by atoms with Gasteiger partial charge in [0.1, 0.15) is 11.9 Å². The van der Waals surface area contributed by atoms with Gasteiger partial charge in [0.15, 0.2) is 11.3 Å². The Morgan fingerprint density at radius 3 is 2.61 bits per heavy atom. The average Bonchev–Trinajstić information content (AvgIpc) is 3.39. The number of nitrogens with one attached hydrogen (secondary N) is 2. The van der Waals surface area contributed by atoms with Crippen LogP contribution in [-0.4, -0.2) is 92.7 Å². The first-order chi connectivity index (χ1) is 18.4. The highest BCUT2D eigenvalue weighted by molar-refractivity contribution is 9.10. The minimum absolute atomic E-state index is 0.161. The molecule has 38 heavy (non-hydrogen) atoms. The number of hydrogen-bond donors (Lipinski definition) is 3. The second-order valence-corrected chi connectivity index (χ2v) is 10.3. The van der Waals surface area contributed by atoms with Crippen molar-refractivity contribution in [2.75, 3.05) is 57.7 Å². The van der Waals surface area contributed by atoms with Crippen molar-refractivity contribution in [1.82, 2.24) is 29.2 Å². The van der Waals surface area contributed by atoms with Crippen LogP contribution in [0.2, 0.25) is 0 Å². The van der Waals surface area contributed by atoms with E-state index in [0.717, 1.165) is 50.3 Å². The zero-order valence-corrected chi connectivity index (χ0v) is 23.3. The van der Waals surface area contributed by atoms with E-state index in [1.165, 1.54) is 21.4 Å². The maximum Gasteiger partial charge on any atom is 0.333 e. The van der Waals surface area contributed by atoms with Crippen LogP contribution in [0.4, 0.5) is 5.82 Å². The molecule has 204 valence electrons. The summed E-state index contributed by atoms with van der Waals surface area (Å²) < 4.78 is 9.04. The molecule has 0 saturated carbocycles. The van der Waals surface area contributed by atoms with E-state index in [2.05, 4.69) is 41.3 Å². The first-order valence-corrected chi connectivity index (χ1v) is 13.7. The highest BCUT2D eigenvalue weighted by Crippen LogP contribution is 2.18. The van der Waals surface area contributed by atoms with Crippen molar-refractivity contribution in [2.24, 2.45) is 0 Å². The molecule has 0 spiro atoms. The van der Waals surface area contributed by atoms with E-state index in [1.54, 1.807) is 18.3 Å². The smallest absolute Gasteiger partial charge is 0.333 e. The number of aliphatic hydroxyl groups excluding tert-OH is 1. The van der Waals surface area contributed by atoms with Crippen LogP contribution < -0.4 is 21.9 Å². The lowest BCUT2D eigenvalue weighted by Crippen LogP contribution is -2.48. The summed E-state index contributed by atoms with van der Waals surface area (Å²) in [7, 11) is 0. The molecule has 1 saturated heterocycles. The van der Waals surface area contributed by atoms with Gasteiger partial charge < -0.3 is 20.5 Å². The van der Waals surface area contributed by atoms with E-state index in [4.69, 9.17) is 17.0 Å². The first-order valence-electron chi connectivity index (χ1n) is 12.5. The zero-order valence-electron chi connectivity index (χ0n) is 20.9. The van der Waals surface area contributed by atoms with E-state index in [1.807, 2.05) is 24.3 Å². The van der Waals surface area contributed by atoms with Crippen molar-refractivity contribution in [3.63, 3.8) is 0 Å². The number of pyridine rings is 1. The highest BCUT2D eigenvalue weighted by Gasteiger charge is 2.21. The molecule has 11 nitrogen and oxygen atoms in total. The second kappa shape index (κ2) is 13.9. The Kier molecular flexibility index (Phi) is 10.4. The lowest BCUT2D eigenvalue weighted by Gasteiger charge is -2.34. The van der Waals surface area contributed by atoms with Gasteiger partial charge in [-0.2, -0.15) is 0 Å². The van der Waals surface area contributed by atoms with E-state index in [-0.39, 0.29) is 18.7 Å². The number of ether oxygens (including phenoxy) is 1. The number of hydrogen-bond acceptors (Lipinski definition) is 8. The summed E-state index contributed by atoms with van der Waals surface area (Å²) in [5, 5.41) is 16.1. The van der Waals surface area contributed by atoms with Crippen LogP contribution in [0.15, 0.2) is 69.0 Å². The Morgan fingerprint density at radius 1 is 1.13 bits per heavy atom. The van der Waals surface area contributed by atoms with Crippen LogP contribution in [-0.2, 0) is 11.3 Å². The summed E-state index contributed by atoms with van der Waals surface area (Å²) >= 11 is 8.70. The second-order valence-electron chi connectivity index (χ2n) is 8.94. The third kappa shape index (κ3) is 7.91. The molecule has 1 fully saturated rings. The molecule has 0 bridgehead atoms. The van der Waals surface area contributed by atoms with Gasteiger partial charge in [-0.25, -0.2) is 9.78 Å². The van der Waals surface area contributed by atoms with Crippen LogP contribution in [0.1, 0.15) is 6.23 Å². The van der Waals surface area contributed by atoms with Crippen molar-refractivity contribution >= 4 is 39.1 Å². The van der Waals surface area contributed by atoms with E-state index < -0.39 is 18.0 Å². The summed E-state index contributed by atoms with van der Waals surface area (Å²) in [5.41, 5.74) is -0.804. The zero-order chi connectivity index (χ0) is 26.9. The quantitative estimate of drug-likeness (QED) is 0.265. The monoisotopic (exact) mass is 605 g/mol. The normalized spacial score (nSPS) is 20.3. The van der Waals surface area contributed by atoms with Crippen LogP contribution in [0.5, 0.6) is 0 Å². The van der Waals surface area contributed by atoms with E-state index >= 15 is 0 Å². The molecule has 0 aliphatic carbocycles. The Balaban J connectivity index is 1.15. The number of nitrogens with zero attached hydrogens (tertiary/aromatic N) is 5. The SMILES string of the molecule is O=c1ccn(C2C=CC(CO)O2)c(=O)n1C/C=C/CN1CCN(CCNC(=S)Nc2ccc(Br)cn2)CC1. The summed E-state index contributed by atoms with van der Waals surface area (Å²) in [4.78, 5) is 34.1. The van der Waals surface area contributed by atoms with Gasteiger partial charge in [-0.3, -0.25) is 23.7 Å². The lowest BCUT2D eigenvalue weighted by molar-refractivity contribution is -0.0109. The Morgan fingerprint density at radius 2 is 1.89 bits per heavy atom. The maximum absolute atomic E-state index is 12.8. The van der Waals surface area contributed by atoms with Crippen LogP contribution in [0.25, 0.3) is 0 Å². The molecule has 2 aliphatic heterocycles. The van der Waals surface area contributed by atoms with Crippen LogP contribution in [0.3, 0.4) is 0 Å². The van der Waals surface area contributed by atoms with Crippen LogP contribution >= 0.6 is 28.1 Å². The number of rotatable bonds is 10. The fourth-order valence-corrected chi connectivity index (χ4v) is 4.62. The summed E-state index contributed by atoms with van der Waals surface area (Å²) in [6.07, 6.45) is 9.32. The molecule has 0 radical (unpaired) electrons. The van der Waals surface area contributed by atoms with Crippen molar-refractivity contribution in [2.45, 2.75) is 18.9 Å². The van der Waals surface area contributed by atoms with Crippen molar-refractivity contribution in [1.29, 1.82) is 0 Å². The van der Waals surface area contributed by atoms with Crippen molar-refractivity contribution in [3.05, 3.63) is 80.2 Å². The molecule has 0 amide bonds. The Labute approximate surface area is 234 Å². The molecule has 2 aromatic heterocycles. The van der Waals surface area contributed by atoms with Gasteiger partial charge in [-0.05, 0) is 46.4 Å². The fraction of sp³-hybridized carbons (Fsp3) is 0.440. The topological polar surface area (TPSA) is 117 Å². The predicted molar refractivity (Wildman–Crippen MR) is 153 cm³/mol. The minimum Gasteiger partial charge on any atom is -0.393 e. The number of aliphatic hydroxyl groups is 1. The Bertz CT molecular complexity index is 1260. The molecule has 4 heterocycles. The number of halogens is 1. The van der Waals surface area contributed by atoms with Gasteiger partial charge in [0, 0.05) is 75.3 Å². The minimum atomic E-state index is -0.627. The molecular formula is C25H32BrN7O4S.